The largest absolute Gasteiger partial charge is 0.486 e. The maximum absolute atomic E-state index is 12.3. The molecule has 0 unspecified atom stereocenters. The predicted octanol–water partition coefficient (Wildman–Crippen LogP) is 1.62. The molecule has 7 nitrogen and oxygen atoms in total. The minimum absolute atomic E-state index is 0.118. The molecule has 0 aliphatic carbocycles. The number of rotatable bonds is 3. The summed E-state index contributed by atoms with van der Waals surface area (Å²) in [4.78, 5) is 31.1. The van der Waals surface area contributed by atoms with Gasteiger partial charge in [0.05, 0.1) is 11.1 Å². The van der Waals surface area contributed by atoms with Gasteiger partial charge in [0.15, 0.2) is 11.5 Å². The molecule has 0 fully saturated rings. The van der Waals surface area contributed by atoms with Crippen LogP contribution >= 0.6 is 0 Å². The Bertz CT molecular complexity index is 998. The lowest BCUT2D eigenvalue weighted by Gasteiger charge is -2.18. The average Bonchev–Trinajstić information content (AvgIpc) is 2.65. The number of aromatic amines is 1. The zero-order valence-electron chi connectivity index (χ0n) is 13.2. The number of hydrogen-bond acceptors (Lipinski definition) is 5. The second kappa shape index (κ2) is 6.27. The molecule has 1 aliphatic rings. The first-order valence-corrected chi connectivity index (χ1v) is 7.84. The summed E-state index contributed by atoms with van der Waals surface area (Å²) in [5.74, 6) is 0.984. The molecule has 0 atom stereocenters. The van der Waals surface area contributed by atoms with Crippen LogP contribution in [0.2, 0.25) is 0 Å². The van der Waals surface area contributed by atoms with E-state index in [4.69, 9.17) is 9.47 Å². The van der Waals surface area contributed by atoms with Crippen LogP contribution < -0.4 is 20.3 Å². The van der Waals surface area contributed by atoms with E-state index in [2.05, 4.69) is 15.3 Å². The Morgan fingerprint density at radius 2 is 2.00 bits per heavy atom. The number of benzene rings is 1. The van der Waals surface area contributed by atoms with Crippen molar-refractivity contribution in [2.75, 3.05) is 13.2 Å². The van der Waals surface area contributed by atoms with E-state index >= 15 is 0 Å². The van der Waals surface area contributed by atoms with Crippen molar-refractivity contribution in [1.29, 1.82) is 0 Å². The highest BCUT2D eigenvalue weighted by atomic mass is 16.6. The van der Waals surface area contributed by atoms with E-state index in [9.17, 15) is 9.59 Å². The lowest BCUT2D eigenvalue weighted by molar-refractivity contribution is 0.0950. The van der Waals surface area contributed by atoms with Crippen LogP contribution in [0, 0.1) is 0 Å². The van der Waals surface area contributed by atoms with Crippen LogP contribution in [0.1, 0.15) is 15.9 Å². The third kappa shape index (κ3) is 3.03. The van der Waals surface area contributed by atoms with E-state index in [-0.39, 0.29) is 18.0 Å². The molecule has 7 heteroatoms. The summed E-state index contributed by atoms with van der Waals surface area (Å²) >= 11 is 0. The number of pyridine rings is 2. The highest BCUT2D eigenvalue weighted by Gasteiger charge is 2.14. The van der Waals surface area contributed by atoms with Crippen molar-refractivity contribution in [2.24, 2.45) is 0 Å². The molecule has 0 saturated carbocycles. The number of amides is 1. The van der Waals surface area contributed by atoms with E-state index in [1.165, 1.54) is 6.20 Å². The van der Waals surface area contributed by atoms with Gasteiger partial charge < -0.3 is 19.8 Å². The molecule has 1 aromatic carbocycles. The molecule has 4 rings (SSSR count). The van der Waals surface area contributed by atoms with Crippen LogP contribution in [0.25, 0.3) is 10.9 Å². The van der Waals surface area contributed by atoms with Crippen LogP contribution in [0.15, 0.2) is 47.5 Å². The van der Waals surface area contributed by atoms with Gasteiger partial charge in [-0.05, 0) is 24.3 Å². The lowest BCUT2D eigenvalue weighted by atomic mass is 10.1. The highest BCUT2D eigenvalue weighted by Crippen LogP contribution is 2.33. The normalized spacial score (nSPS) is 12.8. The van der Waals surface area contributed by atoms with E-state index in [0.29, 0.717) is 41.4 Å². The summed E-state index contributed by atoms with van der Waals surface area (Å²) in [6.45, 7) is 1.10. The van der Waals surface area contributed by atoms with Crippen molar-refractivity contribution >= 4 is 16.8 Å². The minimum atomic E-state index is -0.283. The SMILES string of the molecule is O=C(NCc1cc2cc3c(cc2[nH]c1=O)OCCO3)c1cccnc1. The molecule has 1 amide bonds. The maximum Gasteiger partial charge on any atom is 0.253 e. The van der Waals surface area contributed by atoms with Crippen LogP contribution in [0.5, 0.6) is 11.5 Å². The molecule has 0 bridgehead atoms. The van der Waals surface area contributed by atoms with Gasteiger partial charge in [-0.25, -0.2) is 0 Å². The van der Waals surface area contributed by atoms with Crippen molar-refractivity contribution in [2.45, 2.75) is 6.54 Å². The first kappa shape index (κ1) is 15.2. The van der Waals surface area contributed by atoms with Crippen LogP contribution in [-0.2, 0) is 6.54 Å². The fraction of sp³-hybridized carbons (Fsp3) is 0.167. The molecule has 0 radical (unpaired) electrons. The summed E-state index contributed by atoms with van der Waals surface area (Å²) in [5.41, 5.74) is 1.31. The number of carbonyl (C=O) groups is 1. The third-order valence-electron chi connectivity index (χ3n) is 3.95. The molecule has 126 valence electrons. The fourth-order valence-electron chi connectivity index (χ4n) is 2.69. The summed E-state index contributed by atoms with van der Waals surface area (Å²) in [6, 6.07) is 8.67. The number of ether oxygens (including phenoxy) is 2. The van der Waals surface area contributed by atoms with Gasteiger partial charge in [-0.3, -0.25) is 14.6 Å². The van der Waals surface area contributed by atoms with Gasteiger partial charge in [0.1, 0.15) is 13.2 Å². The number of aromatic nitrogens is 2. The second-order valence-electron chi connectivity index (χ2n) is 5.63. The molecule has 0 spiro atoms. The first-order chi connectivity index (χ1) is 12.2. The molecule has 3 aromatic rings. The van der Waals surface area contributed by atoms with Gasteiger partial charge in [-0.1, -0.05) is 0 Å². The molecular formula is C18H15N3O4. The van der Waals surface area contributed by atoms with Crippen LogP contribution in [0.3, 0.4) is 0 Å². The van der Waals surface area contributed by atoms with Crippen molar-refractivity contribution < 1.29 is 14.3 Å². The van der Waals surface area contributed by atoms with Gasteiger partial charge >= 0.3 is 0 Å². The smallest absolute Gasteiger partial charge is 0.253 e. The van der Waals surface area contributed by atoms with Gasteiger partial charge in [-0.2, -0.15) is 0 Å². The highest BCUT2D eigenvalue weighted by molar-refractivity contribution is 5.93. The number of hydrogen-bond donors (Lipinski definition) is 2. The van der Waals surface area contributed by atoms with Crippen LogP contribution in [-0.4, -0.2) is 29.1 Å². The van der Waals surface area contributed by atoms with E-state index in [1.54, 1.807) is 30.5 Å². The zero-order valence-corrected chi connectivity index (χ0v) is 13.2. The number of nitrogens with one attached hydrogen (secondary N) is 2. The summed E-state index contributed by atoms with van der Waals surface area (Å²) in [5, 5.41) is 3.54. The molecule has 2 N–H and O–H groups in total. The molecule has 0 saturated heterocycles. The van der Waals surface area contributed by atoms with Crippen molar-refractivity contribution in [3.05, 3.63) is 64.2 Å². The molecular weight excluding hydrogens is 322 g/mol. The van der Waals surface area contributed by atoms with E-state index in [0.717, 1.165) is 5.39 Å². The average molecular weight is 337 g/mol. The molecule has 25 heavy (non-hydrogen) atoms. The maximum atomic E-state index is 12.3. The Morgan fingerprint density at radius 1 is 1.20 bits per heavy atom. The summed E-state index contributed by atoms with van der Waals surface area (Å²) in [7, 11) is 0. The van der Waals surface area contributed by atoms with Gasteiger partial charge in [0.2, 0.25) is 0 Å². The third-order valence-corrected chi connectivity index (χ3v) is 3.95. The quantitative estimate of drug-likeness (QED) is 0.758. The minimum Gasteiger partial charge on any atom is -0.486 e. The van der Waals surface area contributed by atoms with Gasteiger partial charge in [0.25, 0.3) is 11.5 Å². The summed E-state index contributed by atoms with van der Waals surface area (Å²) < 4.78 is 11.1. The lowest BCUT2D eigenvalue weighted by Crippen LogP contribution is -2.26. The van der Waals surface area contributed by atoms with Crippen LogP contribution in [0.4, 0.5) is 0 Å². The second-order valence-corrected chi connectivity index (χ2v) is 5.63. The topological polar surface area (TPSA) is 93.3 Å². The number of nitrogens with zero attached hydrogens (tertiary/aromatic N) is 1. The first-order valence-electron chi connectivity index (χ1n) is 7.84. The molecule has 3 heterocycles. The fourth-order valence-corrected chi connectivity index (χ4v) is 2.69. The molecule has 2 aromatic heterocycles. The number of carbonyl (C=O) groups excluding carboxylic acids is 1. The van der Waals surface area contributed by atoms with Gasteiger partial charge in [-0.15, -0.1) is 0 Å². The number of H-pyrrole nitrogens is 1. The zero-order chi connectivity index (χ0) is 17.2. The Morgan fingerprint density at radius 3 is 2.76 bits per heavy atom. The van der Waals surface area contributed by atoms with E-state index < -0.39 is 0 Å². The predicted molar refractivity (Wildman–Crippen MR) is 91.0 cm³/mol. The Kier molecular flexibility index (Phi) is 3.81. The Hall–Kier alpha value is -3.35. The monoisotopic (exact) mass is 337 g/mol. The molecule has 1 aliphatic heterocycles. The van der Waals surface area contributed by atoms with E-state index in [1.807, 2.05) is 6.07 Å². The standard InChI is InChI=1S/C18H15N3O4/c22-17(11-2-1-3-19-9-11)20-10-13-6-12-7-15-16(25-5-4-24-15)8-14(12)21-18(13)23/h1-3,6-9H,4-5,10H2,(H,20,22)(H,21,23). The number of fused-ring (bicyclic) bond motifs is 2. The van der Waals surface area contributed by atoms with Crippen molar-refractivity contribution in [3.8, 4) is 11.5 Å². The summed E-state index contributed by atoms with van der Waals surface area (Å²) in [6.07, 6.45) is 3.07. The van der Waals surface area contributed by atoms with Crippen molar-refractivity contribution in [1.82, 2.24) is 15.3 Å². The Balaban J connectivity index is 1.60. The van der Waals surface area contributed by atoms with Crippen molar-refractivity contribution in [3.63, 3.8) is 0 Å². The van der Waals surface area contributed by atoms with Gasteiger partial charge in [0, 0.05) is 36.0 Å². The Labute approximate surface area is 142 Å².